The van der Waals surface area contributed by atoms with Crippen molar-refractivity contribution in [3.63, 3.8) is 0 Å². The first-order valence-corrected chi connectivity index (χ1v) is 6.81. The maximum atomic E-state index is 10.9. The Morgan fingerprint density at radius 2 is 1.77 bits per heavy atom. The molecule has 0 spiro atoms. The number of anilines is 1. The zero-order valence-corrected chi connectivity index (χ0v) is 12.0. The topological polar surface area (TPSA) is 81.1 Å². The zero-order chi connectivity index (χ0) is 15.7. The second-order valence-corrected chi connectivity index (χ2v) is 5.02. The third-order valence-corrected chi connectivity index (χ3v) is 3.60. The number of aromatic nitrogens is 2. The van der Waals surface area contributed by atoms with Gasteiger partial charge in [-0.15, -0.1) is 0 Å². The number of carboxylic acid groups (broad SMARTS) is 1. The highest BCUT2D eigenvalue weighted by atomic mass is 16.4. The fourth-order valence-corrected chi connectivity index (χ4v) is 2.39. The Kier molecular flexibility index (Phi) is 3.39. The predicted octanol–water partition coefficient (Wildman–Crippen LogP) is 3.13. The molecule has 0 saturated carbocycles. The first-order valence-electron chi connectivity index (χ1n) is 6.81. The first kappa shape index (κ1) is 13.9. The van der Waals surface area contributed by atoms with Crippen molar-refractivity contribution >= 4 is 11.8 Å². The summed E-state index contributed by atoms with van der Waals surface area (Å²) in [7, 11) is 0. The van der Waals surface area contributed by atoms with Crippen LogP contribution < -0.4 is 5.73 Å². The summed E-state index contributed by atoms with van der Waals surface area (Å²) in [6.07, 6.45) is 1.72. The van der Waals surface area contributed by atoms with Crippen molar-refractivity contribution in [3.8, 4) is 16.8 Å². The Morgan fingerprint density at radius 3 is 2.41 bits per heavy atom. The average molecular weight is 293 g/mol. The molecule has 0 atom stereocenters. The van der Waals surface area contributed by atoms with Gasteiger partial charge in [-0.25, -0.2) is 9.48 Å². The van der Waals surface area contributed by atoms with Crippen LogP contribution in [0.4, 0.5) is 5.82 Å². The molecule has 2 aromatic carbocycles. The van der Waals surface area contributed by atoms with Gasteiger partial charge in [-0.3, -0.25) is 0 Å². The third kappa shape index (κ3) is 2.33. The third-order valence-electron chi connectivity index (χ3n) is 3.60. The Balaban J connectivity index is 2.04. The van der Waals surface area contributed by atoms with Gasteiger partial charge in [0.1, 0.15) is 5.82 Å². The van der Waals surface area contributed by atoms with Crippen molar-refractivity contribution < 1.29 is 9.90 Å². The molecule has 3 rings (SSSR count). The summed E-state index contributed by atoms with van der Waals surface area (Å²) in [6, 6.07) is 14.4. The molecule has 3 aromatic rings. The van der Waals surface area contributed by atoms with Crippen LogP contribution in [0.15, 0.2) is 54.7 Å². The van der Waals surface area contributed by atoms with Crippen molar-refractivity contribution in [1.29, 1.82) is 0 Å². The molecule has 1 aromatic heterocycles. The molecule has 0 aliphatic rings. The quantitative estimate of drug-likeness (QED) is 0.777. The van der Waals surface area contributed by atoms with Gasteiger partial charge in [0.2, 0.25) is 0 Å². The molecule has 5 heteroatoms. The van der Waals surface area contributed by atoms with E-state index in [1.54, 1.807) is 23.0 Å². The highest BCUT2D eigenvalue weighted by Crippen LogP contribution is 2.29. The monoisotopic (exact) mass is 293 g/mol. The van der Waals surface area contributed by atoms with Crippen LogP contribution in [0.5, 0.6) is 0 Å². The molecule has 0 bridgehead atoms. The Labute approximate surface area is 127 Å². The summed E-state index contributed by atoms with van der Waals surface area (Å²) < 4.78 is 1.60. The SMILES string of the molecule is Cc1ccccc1-c1cnn(-c2ccc(C(=O)O)cc2)c1N. The van der Waals surface area contributed by atoms with Gasteiger partial charge < -0.3 is 10.8 Å². The van der Waals surface area contributed by atoms with E-state index in [2.05, 4.69) is 5.10 Å². The Morgan fingerprint density at radius 1 is 1.09 bits per heavy atom. The highest BCUT2D eigenvalue weighted by Gasteiger charge is 2.13. The number of carbonyl (C=O) groups is 1. The van der Waals surface area contributed by atoms with Crippen LogP contribution in [0.3, 0.4) is 0 Å². The van der Waals surface area contributed by atoms with Crippen LogP contribution in [0.25, 0.3) is 16.8 Å². The van der Waals surface area contributed by atoms with Gasteiger partial charge >= 0.3 is 5.97 Å². The number of aromatic carboxylic acids is 1. The van der Waals surface area contributed by atoms with Crippen molar-refractivity contribution in [1.82, 2.24) is 9.78 Å². The molecule has 0 aliphatic heterocycles. The summed E-state index contributed by atoms with van der Waals surface area (Å²) in [5.41, 5.74) is 10.2. The van der Waals surface area contributed by atoms with Gasteiger partial charge in [0.25, 0.3) is 0 Å². The van der Waals surface area contributed by atoms with E-state index in [1.165, 1.54) is 12.1 Å². The lowest BCUT2D eigenvalue weighted by atomic mass is 10.0. The minimum atomic E-state index is -0.958. The number of hydrogen-bond acceptors (Lipinski definition) is 3. The second-order valence-electron chi connectivity index (χ2n) is 5.02. The van der Waals surface area contributed by atoms with Crippen LogP contribution in [0.2, 0.25) is 0 Å². The lowest BCUT2D eigenvalue weighted by Crippen LogP contribution is -2.03. The van der Waals surface area contributed by atoms with Crippen molar-refractivity contribution in [3.05, 3.63) is 65.9 Å². The largest absolute Gasteiger partial charge is 0.478 e. The van der Waals surface area contributed by atoms with Crippen LogP contribution in [0.1, 0.15) is 15.9 Å². The molecular weight excluding hydrogens is 278 g/mol. The molecular formula is C17H15N3O2. The van der Waals surface area contributed by atoms with Crippen molar-refractivity contribution in [2.75, 3.05) is 5.73 Å². The van der Waals surface area contributed by atoms with Crippen LogP contribution >= 0.6 is 0 Å². The number of nitrogens with two attached hydrogens (primary N) is 1. The standard InChI is InChI=1S/C17H15N3O2/c1-11-4-2-3-5-14(11)15-10-19-20(16(15)18)13-8-6-12(7-9-13)17(21)22/h2-10H,18H2,1H3,(H,21,22). The highest BCUT2D eigenvalue weighted by molar-refractivity contribution is 5.87. The van der Waals surface area contributed by atoms with E-state index in [0.717, 1.165) is 22.4 Å². The van der Waals surface area contributed by atoms with Gasteiger partial charge in [0, 0.05) is 5.56 Å². The number of benzene rings is 2. The van der Waals surface area contributed by atoms with E-state index in [0.29, 0.717) is 5.82 Å². The summed E-state index contributed by atoms with van der Waals surface area (Å²) >= 11 is 0. The molecule has 0 amide bonds. The molecule has 1 heterocycles. The van der Waals surface area contributed by atoms with Crippen molar-refractivity contribution in [2.24, 2.45) is 0 Å². The maximum absolute atomic E-state index is 10.9. The lowest BCUT2D eigenvalue weighted by molar-refractivity contribution is 0.0697. The predicted molar refractivity (Wildman–Crippen MR) is 85.1 cm³/mol. The Hall–Kier alpha value is -3.08. The number of rotatable bonds is 3. The summed E-state index contributed by atoms with van der Waals surface area (Å²) in [5, 5.41) is 13.3. The summed E-state index contributed by atoms with van der Waals surface area (Å²) in [6.45, 7) is 2.02. The van der Waals surface area contributed by atoms with Gasteiger partial charge in [-0.05, 0) is 42.3 Å². The van der Waals surface area contributed by atoms with Gasteiger partial charge in [-0.1, -0.05) is 24.3 Å². The van der Waals surface area contributed by atoms with Gasteiger partial charge in [0.15, 0.2) is 0 Å². The second kappa shape index (κ2) is 5.37. The fourth-order valence-electron chi connectivity index (χ4n) is 2.39. The first-order chi connectivity index (χ1) is 10.6. The molecule has 110 valence electrons. The minimum Gasteiger partial charge on any atom is -0.478 e. The molecule has 0 unspecified atom stereocenters. The van der Waals surface area contributed by atoms with E-state index in [-0.39, 0.29) is 5.56 Å². The average Bonchev–Trinajstić information content (AvgIpc) is 2.89. The number of aryl methyl sites for hydroxylation is 1. The van der Waals surface area contributed by atoms with Crippen LogP contribution in [-0.4, -0.2) is 20.9 Å². The molecule has 3 N–H and O–H groups in total. The van der Waals surface area contributed by atoms with Gasteiger partial charge in [-0.2, -0.15) is 5.10 Å². The summed E-state index contributed by atoms with van der Waals surface area (Å²) in [4.78, 5) is 10.9. The molecule has 0 radical (unpaired) electrons. The van der Waals surface area contributed by atoms with E-state index < -0.39 is 5.97 Å². The Bertz CT molecular complexity index is 835. The number of carboxylic acids is 1. The maximum Gasteiger partial charge on any atom is 0.335 e. The zero-order valence-electron chi connectivity index (χ0n) is 12.0. The van der Waals surface area contributed by atoms with Crippen LogP contribution in [0, 0.1) is 6.92 Å². The van der Waals surface area contributed by atoms with E-state index in [4.69, 9.17) is 10.8 Å². The van der Waals surface area contributed by atoms with Crippen molar-refractivity contribution in [2.45, 2.75) is 6.92 Å². The van der Waals surface area contributed by atoms with Crippen LogP contribution in [-0.2, 0) is 0 Å². The molecule has 22 heavy (non-hydrogen) atoms. The van der Waals surface area contributed by atoms with Gasteiger partial charge in [0.05, 0.1) is 17.4 Å². The minimum absolute atomic E-state index is 0.230. The number of nitrogen functional groups attached to an aromatic ring is 1. The van der Waals surface area contributed by atoms with E-state index in [9.17, 15) is 4.79 Å². The number of nitrogens with zero attached hydrogens (tertiary/aromatic N) is 2. The molecule has 0 aliphatic carbocycles. The normalized spacial score (nSPS) is 10.6. The smallest absolute Gasteiger partial charge is 0.335 e. The fraction of sp³-hybridized carbons (Fsp3) is 0.0588. The lowest BCUT2D eigenvalue weighted by Gasteiger charge is -2.07. The summed E-state index contributed by atoms with van der Waals surface area (Å²) in [5.74, 6) is -0.432. The molecule has 0 saturated heterocycles. The van der Waals surface area contributed by atoms with E-state index >= 15 is 0 Å². The molecule has 5 nitrogen and oxygen atoms in total. The molecule has 0 fully saturated rings. The number of hydrogen-bond donors (Lipinski definition) is 2. The van der Waals surface area contributed by atoms with E-state index in [1.807, 2.05) is 31.2 Å².